The first-order valence-corrected chi connectivity index (χ1v) is 7.70. The number of benzene rings is 1. The van der Waals surface area contributed by atoms with E-state index in [0.29, 0.717) is 17.4 Å². The number of rotatable bonds is 7. The van der Waals surface area contributed by atoms with E-state index >= 15 is 0 Å². The molecule has 0 spiro atoms. The van der Waals surface area contributed by atoms with Crippen molar-refractivity contribution in [3.8, 4) is 0 Å². The molecular formula is C14H22NO3S+. The standard InChI is InChI=1S/C14H21NO3S/c1-4-14(19(16,17)18)10-11-15(2,3)12-13-8-6-5-7-9-13/h4-9,14H,1,10-12H2,2-3H3/p+1. The zero-order chi connectivity index (χ0) is 14.5. The molecular weight excluding hydrogens is 262 g/mol. The Morgan fingerprint density at radius 2 is 1.89 bits per heavy atom. The number of hydrogen-bond donors (Lipinski definition) is 1. The van der Waals surface area contributed by atoms with Gasteiger partial charge in [0, 0.05) is 12.0 Å². The summed E-state index contributed by atoms with van der Waals surface area (Å²) in [5, 5.41) is -0.888. The molecule has 5 heteroatoms. The summed E-state index contributed by atoms with van der Waals surface area (Å²) in [6.07, 6.45) is 1.65. The maximum atomic E-state index is 11.1. The predicted octanol–water partition coefficient (Wildman–Crippen LogP) is 2.10. The van der Waals surface area contributed by atoms with Crippen LogP contribution in [-0.2, 0) is 16.7 Å². The first-order chi connectivity index (χ1) is 8.74. The fourth-order valence-electron chi connectivity index (χ4n) is 2.02. The molecule has 0 radical (unpaired) electrons. The van der Waals surface area contributed by atoms with Gasteiger partial charge < -0.3 is 4.48 Å². The topological polar surface area (TPSA) is 54.4 Å². The van der Waals surface area contributed by atoms with Crippen LogP contribution in [-0.4, -0.2) is 43.3 Å². The van der Waals surface area contributed by atoms with E-state index in [1.165, 1.54) is 11.6 Å². The number of nitrogens with zero attached hydrogens (tertiary/aromatic N) is 1. The summed E-state index contributed by atoms with van der Waals surface area (Å²) in [7, 11) is 0.0393. The van der Waals surface area contributed by atoms with Crippen molar-refractivity contribution in [2.75, 3.05) is 20.6 Å². The summed E-state index contributed by atoms with van der Waals surface area (Å²) in [5.74, 6) is 0. The van der Waals surface area contributed by atoms with Crippen LogP contribution in [0.5, 0.6) is 0 Å². The SMILES string of the molecule is C=CC(CC[N+](C)(C)Cc1ccccc1)S(=O)(=O)O. The fraction of sp³-hybridized carbons (Fsp3) is 0.429. The fourth-order valence-corrected chi connectivity index (χ4v) is 2.67. The molecule has 0 fully saturated rings. The Kier molecular flexibility index (Phi) is 5.29. The van der Waals surface area contributed by atoms with Crippen LogP contribution in [0.2, 0.25) is 0 Å². The smallest absolute Gasteiger partial charge is 0.271 e. The Morgan fingerprint density at radius 1 is 1.32 bits per heavy atom. The van der Waals surface area contributed by atoms with Gasteiger partial charge in [-0.2, -0.15) is 8.42 Å². The molecule has 1 N–H and O–H groups in total. The summed E-state index contributed by atoms with van der Waals surface area (Å²) >= 11 is 0. The third-order valence-corrected chi connectivity index (χ3v) is 4.31. The molecule has 0 saturated carbocycles. The predicted molar refractivity (Wildman–Crippen MR) is 77.3 cm³/mol. The zero-order valence-corrected chi connectivity index (χ0v) is 12.3. The van der Waals surface area contributed by atoms with E-state index < -0.39 is 15.4 Å². The zero-order valence-electron chi connectivity index (χ0n) is 11.5. The second-order valence-electron chi connectivity index (χ2n) is 5.38. The van der Waals surface area contributed by atoms with Crippen LogP contribution in [0, 0.1) is 0 Å². The van der Waals surface area contributed by atoms with Gasteiger partial charge in [-0.15, -0.1) is 6.58 Å². The maximum absolute atomic E-state index is 11.1. The molecule has 4 nitrogen and oxygen atoms in total. The van der Waals surface area contributed by atoms with Crippen molar-refractivity contribution >= 4 is 10.1 Å². The van der Waals surface area contributed by atoms with E-state index in [1.54, 1.807) is 0 Å². The second-order valence-corrected chi connectivity index (χ2v) is 7.02. The summed E-state index contributed by atoms with van der Waals surface area (Å²) in [4.78, 5) is 0. The average molecular weight is 284 g/mol. The Hall–Kier alpha value is -1.17. The highest BCUT2D eigenvalue weighted by Crippen LogP contribution is 2.13. The monoisotopic (exact) mass is 284 g/mol. The van der Waals surface area contributed by atoms with Crippen molar-refractivity contribution in [1.82, 2.24) is 0 Å². The number of quaternary nitrogens is 1. The van der Waals surface area contributed by atoms with Gasteiger partial charge in [-0.25, -0.2) is 0 Å². The van der Waals surface area contributed by atoms with Crippen LogP contribution in [0.25, 0.3) is 0 Å². The van der Waals surface area contributed by atoms with Crippen molar-refractivity contribution in [1.29, 1.82) is 0 Å². The molecule has 0 aliphatic carbocycles. The Labute approximate surface area is 115 Å². The highest BCUT2D eigenvalue weighted by Gasteiger charge is 2.24. The van der Waals surface area contributed by atoms with Crippen LogP contribution in [0.3, 0.4) is 0 Å². The second kappa shape index (κ2) is 6.32. The molecule has 106 valence electrons. The van der Waals surface area contributed by atoms with Gasteiger partial charge in [-0.05, 0) is 0 Å². The van der Waals surface area contributed by atoms with E-state index in [0.717, 1.165) is 6.54 Å². The van der Waals surface area contributed by atoms with Gasteiger partial charge in [0.25, 0.3) is 10.1 Å². The van der Waals surface area contributed by atoms with Gasteiger partial charge in [0.05, 0.1) is 20.6 Å². The van der Waals surface area contributed by atoms with Gasteiger partial charge in [0.2, 0.25) is 0 Å². The molecule has 1 atom stereocenters. The molecule has 0 aliphatic heterocycles. The van der Waals surface area contributed by atoms with E-state index in [1.807, 2.05) is 44.4 Å². The van der Waals surface area contributed by atoms with E-state index in [4.69, 9.17) is 4.55 Å². The highest BCUT2D eigenvalue weighted by atomic mass is 32.2. The lowest BCUT2D eigenvalue weighted by molar-refractivity contribution is -0.903. The highest BCUT2D eigenvalue weighted by molar-refractivity contribution is 7.86. The van der Waals surface area contributed by atoms with Crippen molar-refractivity contribution in [3.63, 3.8) is 0 Å². The van der Waals surface area contributed by atoms with Gasteiger partial charge in [-0.3, -0.25) is 4.55 Å². The van der Waals surface area contributed by atoms with Gasteiger partial charge in [0.1, 0.15) is 11.8 Å². The maximum Gasteiger partial charge on any atom is 0.271 e. The quantitative estimate of drug-likeness (QED) is 0.474. The Balaban J connectivity index is 2.62. The van der Waals surface area contributed by atoms with E-state index in [-0.39, 0.29) is 0 Å². The molecule has 1 unspecified atom stereocenters. The first-order valence-electron chi connectivity index (χ1n) is 6.19. The van der Waals surface area contributed by atoms with Crippen molar-refractivity contribution in [3.05, 3.63) is 48.6 Å². The minimum Gasteiger partial charge on any atom is -0.325 e. The third kappa shape index (κ3) is 5.55. The lowest BCUT2D eigenvalue weighted by atomic mass is 10.2. The lowest BCUT2D eigenvalue weighted by Crippen LogP contribution is -2.41. The summed E-state index contributed by atoms with van der Waals surface area (Å²) in [6.45, 7) is 4.93. The molecule has 0 aliphatic rings. The van der Waals surface area contributed by atoms with Crippen LogP contribution in [0.15, 0.2) is 43.0 Å². The molecule has 0 saturated heterocycles. The molecule has 0 amide bonds. The van der Waals surface area contributed by atoms with E-state index in [9.17, 15) is 8.42 Å². The third-order valence-electron chi connectivity index (χ3n) is 3.12. The van der Waals surface area contributed by atoms with Crippen LogP contribution in [0.1, 0.15) is 12.0 Å². The first kappa shape index (κ1) is 15.9. The van der Waals surface area contributed by atoms with Crippen LogP contribution in [0.4, 0.5) is 0 Å². The lowest BCUT2D eigenvalue weighted by Gasteiger charge is -2.30. The van der Waals surface area contributed by atoms with Crippen molar-refractivity contribution in [2.24, 2.45) is 0 Å². The molecule has 0 aromatic heterocycles. The van der Waals surface area contributed by atoms with Gasteiger partial charge in [0.15, 0.2) is 0 Å². The summed E-state index contributed by atoms with van der Waals surface area (Å²) in [5.41, 5.74) is 1.20. The van der Waals surface area contributed by atoms with Gasteiger partial charge in [-0.1, -0.05) is 36.4 Å². The molecule has 0 bridgehead atoms. The largest absolute Gasteiger partial charge is 0.325 e. The molecule has 1 rings (SSSR count). The normalized spacial score (nSPS) is 14.1. The Bertz CT molecular complexity index is 509. The Morgan fingerprint density at radius 3 is 2.37 bits per heavy atom. The molecule has 1 aromatic rings. The molecule has 1 aromatic carbocycles. The van der Waals surface area contributed by atoms with Crippen LogP contribution < -0.4 is 0 Å². The summed E-state index contributed by atoms with van der Waals surface area (Å²) < 4.78 is 31.9. The number of hydrogen-bond acceptors (Lipinski definition) is 2. The van der Waals surface area contributed by atoms with Crippen LogP contribution >= 0.6 is 0 Å². The molecule has 19 heavy (non-hydrogen) atoms. The minimum absolute atomic E-state index is 0.363. The van der Waals surface area contributed by atoms with Gasteiger partial charge >= 0.3 is 0 Å². The average Bonchev–Trinajstić information content (AvgIpc) is 2.28. The van der Waals surface area contributed by atoms with Crippen molar-refractivity contribution < 1.29 is 17.5 Å². The van der Waals surface area contributed by atoms with E-state index in [2.05, 4.69) is 6.58 Å². The molecule has 0 heterocycles. The van der Waals surface area contributed by atoms with Crippen molar-refractivity contribution in [2.45, 2.75) is 18.2 Å². The summed E-state index contributed by atoms with van der Waals surface area (Å²) in [6, 6.07) is 10.0. The minimum atomic E-state index is -4.04.